The van der Waals surface area contributed by atoms with Gasteiger partial charge in [0.2, 0.25) is 70.9 Å². The quantitative estimate of drug-likeness (QED) is 0.0147. The second-order valence-electron chi connectivity index (χ2n) is 33.1. The largest absolute Gasteiger partial charge is 0.508 e. The fourth-order valence-electron chi connectivity index (χ4n) is 14.7. The Kier molecular flexibility index (Phi) is 38.9. The molecule has 0 spiro atoms. The van der Waals surface area contributed by atoms with Crippen molar-refractivity contribution in [2.24, 2.45) is 23.1 Å². The van der Waals surface area contributed by atoms with Crippen molar-refractivity contribution in [2.45, 2.75) is 183 Å². The number of epoxide rings is 1. The molecule has 15 atom stereocenters. The van der Waals surface area contributed by atoms with E-state index in [2.05, 4.69) is 47.5 Å². The fraction of sp³-hybridized carbons (Fsp3) is 0.435. The van der Waals surface area contributed by atoms with E-state index in [1.807, 2.05) is 87.3 Å². The van der Waals surface area contributed by atoms with E-state index in [9.17, 15) is 81.2 Å². The number of halogens is 3. The number of H-pyrrole nitrogens is 1. The maximum Gasteiger partial charge on any atom is 0.305 e. The minimum atomic E-state index is -1.85. The number of rotatable bonds is 51. The summed E-state index contributed by atoms with van der Waals surface area (Å²) < 4.78 is 51.0. The molecule has 7 aromatic rings. The molecule has 2 heterocycles. The third kappa shape index (κ3) is 30.1. The van der Waals surface area contributed by atoms with Crippen molar-refractivity contribution in [3.05, 3.63) is 203 Å². The zero-order valence-electron chi connectivity index (χ0n) is 74.6. The molecule has 1 aliphatic heterocycles. The number of phenolic OH excluding ortho intramolecular Hbond substituents is 2. The predicted octanol–water partition coefficient (Wildman–Crippen LogP) is 1.74. The molecule has 1 saturated heterocycles. The van der Waals surface area contributed by atoms with Gasteiger partial charge in [0.15, 0.2) is 17.5 Å². The van der Waals surface area contributed by atoms with Crippen molar-refractivity contribution in [1.29, 1.82) is 0 Å². The monoisotopic (exact) mass is 1840 g/mol. The minimum absolute atomic E-state index is 0.0246. The Bertz CT molecular complexity index is 5100. The molecule has 1 fully saturated rings. The Balaban J connectivity index is 1.01. The second-order valence-corrected chi connectivity index (χ2v) is 34.1. The van der Waals surface area contributed by atoms with Crippen LogP contribution in [-0.2, 0) is 110 Å². The Labute approximate surface area is 761 Å². The van der Waals surface area contributed by atoms with Gasteiger partial charge in [0.1, 0.15) is 78.5 Å². The van der Waals surface area contributed by atoms with E-state index in [4.69, 9.17) is 21.9 Å². The lowest BCUT2D eigenvalue weighted by atomic mass is 9.98. The van der Waals surface area contributed by atoms with E-state index in [-0.39, 0.29) is 87.3 Å². The summed E-state index contributed by atoms with van der Waals surface area (Å²) in [5.74, 6) is -18.2. The van der Waals surface area contributed by atoms with Crippen LogP contribution in [0.5, 0.6) is 11.5 Å². The first kappa shape index (κ1) is 104. The van der Waals surface area contributed by atoms with Crippen LogP contribution >= 0.6 is 11.8 Å². The number of para-hydroxylation sites is 1. The highest BCUT2D eigenvalue weighted by molar-refractivity contribution is 8.00. The van der Waals surface area contributed by atoms with Gasteiger partial charge in [0, 0.05) is 89.3 Å². The van der Waals surface area contributed by atoms with Gasteiger partial charge in [-0.3, -0.25) is 67.2 Å². The number of carbonyl (C=O) groups is 14. The number of primary amides is 1. The van der Waals surface area contributed by atoms with Crippen molar-refractivity contribution >= 4 is 106 Å². The zero-order chi connectivity index (χ0) is 96.2. The van der Waals surface area contributed by atoms with Gasteiger partial charge < -0.3 is 109 Å². The molecule has 35 nitrogen and oxygen atoms in total. The van der Waals surface area contributed by atoms with Crippen LogP contribution in [0.15, 0.2) is 152 Å². The van der Waals surface area contributed by atoms with Crippen LogP contribution in [0.25, 0.3) is 10.9 Å². The number of likely N-dealkylation sites (N-methyl/N-ethyl adjacent to an activating group) is 5. The molecule has 12 amide bonds. The van der Waals surface area contributed by atoms with Gasteiger partial charge in [-0.1, -0.05) is 117 Å². The highest BCUT2D eigenvalue weighted by Crippen LogP contribution is 2.33. The molecule has 1 aliphatic rings. The van der Waals surface area contributed by atoms with Crippen LogP contribution < -0.4 is 59.7 Å². The molecule has 39 heteroatoms. The van der Waals surface area contributed by atoms with E-state index in [0.717, 1.165) is 36.7 Å². The molecule has 0 bridgehead atoms. The number of aromatic hydroxyl groups is 2. The number of carboxylic acids is 1. The maximum atomic E-state index is 15.4. The summed E-state index contributed by atoms with van der Waals surface area (Å²) in [6.07, 6.45) is -0.881. The summed E-state index contributed by atoms with van der Waals surface area (Å²) in [6.45, 7) is 7.47. The van der Waals surface area contributed by atoms with Crippen molar-refractivity contribution in [3.8, 4) is 11.5 Å². The first-order valence-electron chi connectivity index (χ1n) is 42.8. The number of fused-ring (bicyclic) bond motifs is 1. The molecule has 1 aromatic heterocycles. The number of hydrogen-bond acceptors (Lipinski definition) is 22. The second kappa shape index (κ2) is 49.3. The highest BCUT2D eigenvalue weighted by atomic mass is 32.2. The number of nitrogens with zero attached hydrogens (tertiary/aromatic N) is 5. The molecule has 18 N–H and O–H groups in total. The summed E-state index contributed by atoms with van der Waals surface area (Å²) in [5, 5.41) is 52.6. The minimum Gasteiger partial charge on any atom is -0.508 e. The number of benzene rings is 6. The number of carbonyl (C=O) groups excluding carboxylic acids is 13. The first-order valence-corrected chi connectivity index (χ1v) is 43.9. The Hall–Kier alpha value is -12.8. The fourth-order valence-corrected chi connectivity index (χ4v) is 15.5. The number of nitrogens with one attached hydrogen (secondary N) is 9. The smallest absolute Gasteiger partial charge is 0.305 e. The van der Waals surface area contributed by atoms with Gasteiger partial charge in [-0.15, -0.1) is 11.8 Å². The van der Waals surface area contributed by atoms with Crippen molar-refractivity contribution in [2.75, 3.05) is 66.4 Å². The van der Waals surface area contributed by atoms with Crippen LogP contribution in [0.1, 0.15) is 87.3 Å². The number of ether oxygens (including phenoxy) is 1. The molecular formula is C92H118F3N17O18S. The average molecular weight is 1840 g/mol. The lowest BCUT2D eigenvalue weighted by Crippen LogP contribution is -2.59. The van der Waals surface area contributed by atoms with Gasteiger partial charge in [0.05, 0.1) is 42.9 Å². The third-order valence-corrected chi connectivity index (χ3v) is 24.1. The summed E-state index contributed by atoms with van der Waals surface area (Å²) in [5.41, 5.74) is 21.4. The summed E-state index contributed by atoms with van der Waals surface area (Å²) in [7, 11) is 7.01. The van der Waals surface area contributed by atoms with Crippen molar-refractivity contribution < 1.29 is 100 Å². The van der Waals surface area contributed by atoms with E-state index in [1.165, 1.54) is 76.3 Å². The lowest BCUT2D eigenvalue weighted by Gasteiger charge is -2.36. The molecule has 0 saturated carbocycles. The summed E-state index contributed by atoms with van der Waals surface area (Å²) in [6, 6.07) is 22.0. The number of aromatic amines is 1. The number of phenols is 2. The molecular weight excluding hydrogens is 1720 g/mol. The molecule has 0 aliphatic carbocycles. The topological polar surface area (TPSA) is 518 Å². The SMILES string of the molecule is CC(C)[C@H](N)C(=O)N(C)C(Cc1ccccc1)C(=O)N[C@@H](Cc1ccc(O)cc1)C1OC1N(C)C(C)CN[C@@H](Cc1c[nH]c2ccccc12)C(=O)N[C@@H](Cc1ccc(O)cc1)C(=O)N[C@@H](CCCN)C(=O)N[C@@H](CSCC(=O)N[C@@H](Cc1cc(F)c(F)c(F)c1)C(=O)N(C)C(Cc1ccccc1)C(=O)N(C)[C@@H](C)C(=O)N(C)[C@H](C)C(=O)N[C@H](C=O)CC(=O)O)C(=O)NCC(N)=O. The number of aliphatic carboxylic acids is 1. The van der Waals surface area contributed by atoms with Crippen LogP contribution in [0.2, 0.25) is 0 Å². The molecule has 5 unspecified atom stereocenters. The number of amides is 12. The van der Waals surface area contributed by atoms with Crippen LogP contribution in [0.3, 0.4) is 0 Å². The number of nitrogens with two attached hydrogens (primary N) is 3. The van der Waals surface area contributed by atoms with Crippen molar-refractivity contribution in [1.82, 2.24) is 72.0 Å². The van der Waals surface area contributed by atoms with Crippen LogP contribution in [-0.4, -0.2) is 285 Å². The highest BCUT2D eigenvalue weighted by Gasteiger charge is 2.50. The van der Waals surface area contributed by atoms with Crippen LogP contribution in [0.4, 0.5) is 13.2 Å². The Morgan fingerprint density at radius 2 is 1.07 bits per heavy atom. The summed E-state index contributed by atoms with van der Waals surface area (Å²) >= 11 is 0.682. The Morgan fingerprint density at radius 1 is 0.542 bits per heavy atom. The van der Waals surface area contributed by atoms with Gasteiger partial charge in [0.25, 0.3) is 0 Å². The Morgan fingerprint density at radius 3 is 1.65 bits per heavy atom. The van der Waals surface area contributed by atoms with E-state index < -0.39 is 216 Å². The number of carboxylic acid groups (broad SMARTS) is 1. The van der Waals surface area contributed by atoms with Gasteiger partial charge in [-0.05, 0) is 142 Å². The number of thioether (sulfide) groups is 1. The van der Waals surface area contributed by atoms with E-state index in [1.54, 1.807) is 55.7 Å². The number of hydrogen-bond donors (Lipinski definition) is 15. The zero-order valence-corrected chi connectivity index (χ0v) is 75.4. The van der Waals surface area contributed by atoms with Gasteiger partial charge in [-0.2, -0.15) is 0 Å². The van der Waals surface area contributed by atoms with Gasteiger partial charge >= 0.3 is 5.97 Å². The van der Waals surface area contributed by atoms with Crippen LogP contribution in [0, 0.1) is 23.4 Å². The average Bonchev–Trinajstić information content (AvgIpc) is 1.66. The molecule has 131 heavy (non-hydrogen) atoms. The lowest BCUT2D eigenvalue weighted by molar-refractivity contribution is -0.151. The maximum absolute atomic E-state index is 15.4. The number of aldehydes is 1. The normalized spacial score (nSPS) is 15.9. The summed E-state index contributed by atoms with van der Waals surface area (Å²) in [4.78, 5) is 204. The molecule has 0 radical (unpaired) electrons. The first-order chi connectivity index (χ1) is 62.2. The molecule has 8 rings (SSSR count). The molecule has 706 valence electrons. The predicted molar refractivity (Wildman–Crippen MR) is 482 cm³/mol. The van der Waals surface area contributed by atoms with E-state index in [0.29, 0.717) is 40.6 Å². The number of aromatic nitrogens is 1. The standard InChI is InChI=1S/C92H118F3N17O18S/c1-51(2)80(98)91(129)111(9)74(41-55-20-13-11-14-21-55)87(125)105-69(38-57-27-31-62(114)32-28-57)81-92(130-81)108(6)52(3)45-99-70(43-60-46-100-67-25-18-17-24-64(60)67)85(123)106-71(39-58-29-33-63(115)34-30-58)86(124)104-68(26-19-35-96)84(122)107-73(83(121)101-47-76(97)116)49-131-50-77(117)103-72(40-59-36-65(93)79(95)66(94)37-59)89(127)112(10)75(42-56-22-15-12-16-23-56)90(128)110(8)54(5)88(126)109(7)53(4)82(120)102-61(48-113)44-78(118)119/h11-18,20-25,27-34,36-37,46,48,51-54,61,68-75,80-81,92,99-100,114-115H,19,26,35,38-45,47,49-50,96,98H2,1-10H3,(H2,97,116)(H,101,121)(H,102,120)(H,103,117)(H,104,124)(H,105,125)(H,106,123)(H,107,122)(H,118,119)/t52?,53-,54+,61+,68+,69+,70+,71+,72+,73+,74?,75?,80+,81?,92?/m1/s1. The van der Waals surface area contributed by atoms with Crippen molar-refractivity contribution in [3.63, 3.8) is 0 Å². The van der Waals surface area contributed by atoms with E-state index >= 15 is 14.4 Å². The molecule has 6 aromatic carbocycles. The third-order valence-electron chi connectivity index (χ3n) is 23.1. The van der Waals surface area contributed by atoms with Gasteiger partial charge in [-0.25, -0.2) is 13.2 Å².